The summed E-state index contributed by atoms with van der Waals surface area (Å²) in [6.07, 6.45) is 0.692. The largest absolute Gasteiger partial charge is 0.480 e. The maximum Gasteiger partial charge on any atom is 0.407 e. The predicted molar refractivity (Wildman–Crippen MR) is 61.8 cm³/mol. The Balaban J connectivity index is 2.31. The third-order valence-corrected chi connectivity index (χ3v) is 2.43. The fourth-order valence-electron chi connectivity index (χ4n) is 1.66. The minimum Gasteiger partial charge on any atom is -0.480 e. The summed E-state index contributed by atoms with van der Waals surface area (Å²) >= 11 is 0. The summed E-state index contributed by atoms with van der Waals surface area (Å²) in [6.45, 7) is 5.85. The Morgan fingerprint density at radius 3 is 2.41 bits per heavy atom. The van der Waals surface area contributed by atoms with E-state index in [1.807, 2.05) is 0 Å². The number of carboxylic acids is 1. The predicted octanol–water partition coefficient (Wildman–Crippen LogP) is 0.716. The molecular weight excluding hydrogens is 224 g/mol. The molecule has 0 aromatic rings. The highest BCUT2D eigenvalue weighted by molar-refractivity contribution is 5.73. The van der Waals surface area contributed by atoms with Gasteiger partial charge in [-0.05, 0) is 33.6 Å². The lowest BCUT2D eigenvalue weighted by Crippen LogP contribution is -2.52. The first-order valence-corrected chi connectivity index (χ1v) is 5.73. The topological polar surface area (TPSA) is 87.7 Å². The van der Waals surface area contributed by atoms with E-state index in [2.05, 4.69) is 10.6 Å². The van der Waals surface area contributed by atoms with Crippen LogP contribution in [-0.2, 0) is 9.53 Å². The van der Waals surface area contributed by atoms with Crippen LogP contribution in [0.1, 0.15) is 33.6 Å². The average molecular weight is 244 g/mol. The van der Waals surface area contributed by atoms with Crippen molar-refractivity contribution >= 4 is 12.1 Å². The maximum atomic E-state index is 11.5. The summed E-state index contributed by atoms with van der Waals surface area (Å²) < 4.78 is 5.12. The molecule has 1 rings (SSSR count). The van der Waals surface area contributed by atoms with Crippen LogP contribution in [-0.4, -0.2) is 41.4 Å². The van der Waals surface area contributed by atoms with Gasteiger partial charge in [0.05, 0.1) is 0 Å². The molecule has 6 heteroatoms. The molecule has 0 radical (unpaired) electrons. The average Bonchev–Trinajstić information content (AvgIpc) is 2.15. The van der Waals surface area contributed by atoms with E-state index in [0.717, 1.165) is 0 Å². The van der Waals surface area contributed by atoms with E-state index in [4.69, 9.17) is 9.84 Å². The van der Waals surface area contributed by atoms with Crippen molar-refractivity contribution in [2.45, 2.75) is 51.3 Å². The van der Waals surface area contributed by atoms with Crippen molar-refractivity contribution in [1.29, 1.82) is 0 Å². The van der Waals surface area contributed by atoms with Crippen molar-refractivity contribution in [2.75, 3.05) is 6.54 Å². The molecule has 98 valence electrons. The number of carbonyl (C=O) groups is 2. The van der Waals surface area contributed by atoms with E-state index in [9.17, 15) is 9.59 Å². The zero-order chi connectivity index (χ0) is 13.1. The monoisotopic (exact) mass is 244 g/mol. The highest BCUT2D eigenvalue weighted by Gasteiger charge is 2.27. The van der Waals surface area contributed by atoms with Crippen molar-refractivity contribution in [1.82, 2.24) is 10.6 Å². The molecule has 6 nitrogen and oxygen atoms in total. The van der Waals surface area contributed by atoms with Gasteiger partial charge in [-0.2, -0.15) is 0 Å². The first kappa shape index (κ1) is 13.8. The molecule has 0 aromatic heterocycles. The maximum absolute atomic E-state index is 11.5. The number of rotatable bonds is 2. The standard InChI is InChI=1S/C11H20N2O4/c1-11(2,3)17-10(16)13-7-4-5-8(9(14)15)12-6-7/h7-8,12H,4-6H2,1-3H3,(H,13,16)(H,14,15)/t7-,8+/m1/s1. The van der Waals surface area contributed by atoms with Crippen LogP contribution in [0, 0.1) is 0 Å². The Kier molecular flexibility index (Phi) is 4.34. The molecule has 0 aliphatic carbocycles. The molecule has 2 atom stereocenters. The molecule has 0 bridgehead atoms. The second-order valence-electron chi connectivity index (χ2n) is 5.22. The van der Waals surface area contributed by atoms with Gasteiger partial charge in [0, 0.05) is 12.6 Å². The van der Waals surface area contributed by atoms with E-state index >= 15 is 0 Å². The van der Waals surface area contributed by atoms with Crippen molar-refractivity contribution in [3.05, 3.63) is 0 Å². The summed E-state index contributed by atoms with van der Waals surface area (Å²) in [6, 6.07) is -0.577. The van der Waals surface area contributed by atoms with Crippen molar-refractivity contribution in [3.8, 4) is 0 Å². The third kappa shape index (κ3) is 5.04. The van der Waals surface area contributed by atoms with Gasteiger partial charge in [-0.1, -0.05) is 0 Å². The summed E-state index contributed by atoms with van der Waals surface area (Å²) in [4.78, 5) is 22.2. The Morgan fingerprint density at radius 2 is 2.00 bits per heavy atom. The molecule has 1 saturated heterocycles. The Bertz CT molecular complexity index is 290. The number of nitrogens with one attached hydrogen (secondary N) is 2. The molecule has 0 aromatic carbocycles. The van der Waals surface area contributed by atoms with Crippen LogP contribution >= 0.6 is 0 Å². The minimum atomic E-state index is -0.847. The van der Waals surface area contributed by atoms with Gasteiger partial charge >= 0.3 is 12.1 Å². The van der Waals surface area contributed by atoms with Gasteiger partial charge in [-0.25, -0.2) is 4.79 Å². The number of alkyl carbamates (subject to hydrolysis) is 1. The fraction of sp³-hybridized carbons (Fsp3) is 0.818. The molecule has 17 heavy (non-hydrogen) atoms. The van der Waals surface area contributed by atoms with Gasteiger partial charge in [0.15, 0.2) is 0 Å². The van der Waals surface area contributed by atoms with E-state index in [0.29, 0.717) is 19.4 Å². The van der Waals surface area contributed by atoms with E-state index in [1.165, 1.54) is 0 Å². The Hall–Kier alpha value is -1.30. The minimum absolute atomic E-state index is 0.0690. The highest BCUT2D eigenvalue weighted by Crippen LogP contribution is 2.10. The summed E-state index contributed by atoms with van der Waals surface area (Å²) in [7, 11) is 0. The number of aliphatic carboxylic acids is 1. The smallest absolute Gasteiger partial charge is 0.407 e. The summed E-state index contributed by atoms with van der Waals surface area (Å²) in [5.74, 6) is -0.847. The van der Waals surface area contributed by atoms with Gasteiger partial charge in [0.25, 0.3) is 0 Å². The number of carbonyl (C=O) groups excluding carboxylic acids is 1. The van der Waals surface area contributed by atoms with Crippen LogP contribution in [0.3, 0.4) is 0 Å². The summed E-state index contributed by atoms with van der Waals surface area (Å²) in [5, 5.41) is 14.4. The lowest BCUT2D eigenvalue weighted by atomic mass is 10.0. The van der Waals surface area contributed by atoms with Crippen molar-refractivity contribution in [2.24, 2.45) is 0 Å². The number of hydrogen-bond acceptors (Lipinski definition) is 4. The van der Waals surface area contributed by atoms with Crippen LogP contribution in [0.5, 0.6) is 0 Å². The van der Waals surface area contributed by atoms with E-state index in [1.54, 1.807) is 20.8 Å². The molecule has 1 aliphatic rings. The van der Waals surface area contributed by atoms with Gasteiger partial charge in [-0.3, -0.25) is 4.79 Å². The Labute approximate surface area is 101 Å². The van der Waals surface area contributed by atoms with Crippen LogP contribution in [0.4, 0.5) is 4.79 Å². The zero-order valence-electron chi connectivity index (χ0n) is 10.4. The van der Waals surface area contributed by atoms with Gasteiger partial charge in [-0.15, -0.1) is 0 Å². The first-order valence-electron chi connectivity index (χ1n) is 5.73. The normalized spacial score (nSPS) is 25.1. The zero-order valence-corrected chi connectivity index (χ0v) is 10.4. The van der Waals surface area contributed by atoms with Crippen LogP contribution in [0.15, 0.2) is 0 Å². The first-order chi connectivity index (χ1) is 7.78. The van der Waals surface area contributed by atoms with E-state index < -0.39 is 23.7 Å². The lowest BCUT2D eigenvalue weighted by Gasteiger charge is -2.29. The van der Waals surface area contributed by atoms with Gasteiger partial charge < -0.3 is 20.5 Å². The second-order valence-corrected chi connectivity index (χ2v) is 5.22. The number of amides is 1. The van der Waals surface area contributed by atoms with Crippen molar-refractivity contribution < 1.29 is 19.4 Å². The number of carboxylic acid groups (broad SMARTS) is 1. The van der Waals surface area contributed by atoms with Crippen LogP contribution < -0.4 is 10.6 Å². The SMILES string of the molecule is CC(C)(C)OC(=O)N[C@@H]1CC[C@@H](C(=O)O)NC1. The van der Waals surface area contributed by atoms with Crippen molar-refractivity contribution in [3.63, 3.8) is 0 Å². The van der Waals surface area contributed by atoms with Crippen LogP contribution in [0.2, 0.25) is 0 Å². The second kappa shape index (κ2) is 5.35. The quantitative estimate of drug-likeness (QED) is 0.666. The molecule has 1 amide bonds. The van der Waals surface area contributed by atoms with E-state index in [-0.39, 0.29) is 6.04 Å². The van der Waals surface area contributed by atoms with Gasteiger partial charge in [0.1, 0.15) is 11.6 Å². The molecule has 3 N–H and O–H groups in total. The fourth-order valence-corrected chi connectivity index (χ4v) is 1.66. The molecular formula is C11H20N2O4. The van der Waals surface area contributed by atoms with Gasteiger partial charge in [0.2, 0.25) is 0 Å². The molecule has 1 aliphatic heterocycles. The molecule has 0 saturated carbocycles. The number of hydrogen-bond donors (Lipinski definition) is 3. The molecule has 1 fully saturated rings. The molecule has 0 unspecified atom stereocenters. The highest BCUT2D eigenvalue weighted by atomic mass is 16.6. The Morgan fingerprint density at radius 1 is 1.35 bits per heavy atom. The lowest BCUT2D eigenvalue weighted by molar-refractivity contribution is -0.140. The summed E-state index contributed by atoms with van der Waals surface area (Å²) in [5.41, 5.74) is -0.518. The third-order valence-electron chi connectivity index (χ3n) is 2.43. The van der Waals surface area contributed by atoms with Crippen LogP contribution in [0.25, 0.3) is 0 Å². The number of piperidine rings is 1. The molecule has 1 heterocycles. The number of ether oxygens (including phenoxy) is 1. The molecule has 0 spiro atoms.